The van der Waals surface area contributed by atoms with Crippen LogP contribution < -0.4 is 11.3 Å². The van der Waals surface area contributed by atoms with E-state index in [1.807, 2.05) is 17.9 Å². The molecule has 16 heavy (non-hydrogen) atoms. The third-order valence-corrected chi connectivity index (χ3v) is 3.29. The number of aromatic nitrogens is 2. The fraction of sp³-hybridized carbons (Fsp3) is 0.750. The van der Waals surface area contributed by atoms with Gasteiger partial charge in [0.1, 0.15) is 0 Å². The zero-order chi connectivity index (χ0) is 12.0. The standard InChI is InChI=1S/C12H24N4/c1-4-10(2)9-11(15-13)5-6-12-7-8-14-16(12)3/h7-8,10-11,15H,4-6,9,13H2,1-3H3. The molecular formula is C12H24N4. The number of hydrogen-bond acceptors (Lipinski definition) is 3. The Morgan fingerprint density at radius 2 is 2.31 bits per heavy atom. The van der Waals surface area contributed by atoms with Gasteiger partial charge in [0.25, 0.3) is 0 Å². The number of nitrogens with one attached hydrogen (secondary N) is 1. The predicted molar refractivity (Wildman–Crippen MR) is 66.7 cm³/mol. The summed E-state index contributed by atoms with van der Waals surface area (Å²) in [4.78, 5) is 0. The second kappa shape index (κ2) is 6.66. The topological polar surface area (TPSA) is 55.9 Å². The lowest BCUT2D eigenvalue weighted by atomic mass is 9.96. The van der Waals surface area contributed by atoms with Crippen molar-refractivity contribution in [2.75, 3.05) is 0 Å². The molecule has 0 saturated heterocycles. The zero-order valence-electron chi connectivity index (χ0n) is 10.6. The molecule has 0 spiro atoms. The van der Waals surface area contributed by atoms with Crippen LogP contribution in [0.4, 0.5) is 0 Å². The van der Waals surface area contributed by atoms with Gasteiger partial charge in [0.15, 0.2) is 0 Å². The van der Waals surface area contributed by atoms with Crippen LogP contribution in [0.3, 0.4) is 0 Å². The average Bonchev–Trinajstić information content (AvgIpc) is 2.69. The molecule has 4 nitrogen and oxygen atoms in total. The number of nitrogens with zero attached hydrogens (tertiary/aromatic N) is 2. The molecular weight excluding hydrogens is 200 g/mol. The summed E-state index contributed by atoms with van der Waals surface area (Å²) in [6.07, 6.45) is 6.30. The molecule has 0 aliphatic heterocycles. The molecule has 1 rings (SSSR count). The Hall–Kier alpha value is -0.870. The molecule has 92 valence electrons. The van der Waals surface area contributed by atoms with E-state index in [2.05, 4.69) is 30.4 Å². The minimum Gasteiger partial charge on any atom is -0.273 e. The Kier molecular flexibility index (Phi) is 5.49. The van der Waals surface area contributed by atoms with Crippen LogP contribution in [-0.4, -0.2) is 15.8 Å². The molecule has 0 fully saturated rings. The Morgan fingerprint density at radius 1 is 1.56 bits per heavy atom. The molecule has 1 aromatic heterocycles. The number of aryl methyl sites for hydroxylation is 2. The van der Waals surface area contributed by atoms with Gasteiger partial charge < -0.3 is 0 Å². The van der Waals surface area contributed by atoms with Crippen molar-refractivity contribution in [2.24, 2.45) is 18.8 Å². The van der Waals surface area contributed by atoms with Gasteiger partial charge in [-0.15, -0.1) is 0 Å². The summed E-state index contributed by atoms with van der Waals surface area (Å²) in [6, 6.07) is 2.47. The van der Waals surface area contributed by atoms with Gasteiger partial charge in [-0.05, 0) is 31.2 Å². The Bertz CT molecular complexity index is 295. The van der Waals surface area contributed by atoms with E-state index in [0.717, 1.165) is 25.2 Å². The molecule has 0 aromatic carbocycles. The van der Waals surface area contributed by atoms with Crippen molar-refractivity contribution in [1.82, 2.24) is 15.2 Å². The first-order valence-electron chi connectivity index (χ1n) is 6.10. The van der Waals surface area contributed by atoms with Crippen molar-refractivity contribution in [1.29, 1.82) is 0 Å². The smallest absolute Gasteiger partial charge is 0.0492 e. The van der Waals surface area contributed by atoms with Crippen LogP contribution in [0.15, 0.2) is 12.3 Å². The van der Waals surface area contributed by atoms with Gasteiger partial charge in [-0.25, -0.2) is 0 Å². The highest BCUT2D eigenvalue weighted by atomic mass is 15.3. The second-order valence-electron chi connectivity index (χ2n) is 4.60. The maximum atomic E-state index is 5.58. The minimum absolute atomic E-state index is 0.407. The lowest BCUT2D eigenvalue weighted by Crippen LogP contribution is -2.36. The van der Waals surface area contributed by atoms with Crippen molar-refractivity contribution < 1.29 is 0 Å². The van der Waals surface area contributed by atoms with E-state index < -0.39 is 0 Å². The van der Waals surface area contributed by atoms with E-state index in [0.29, 0.717) is 6.04 Å². The van der Waals surface area contributed by atoms with Crippen molar-refractivity contribution in [3.8, 4) is 0 Å². The Labute approximate surface area is 98.2 Å². The molecule has 0 saturated carbocycles. The first-order chi connectivity index (χ1) is 7.67. The van der Waals surface area contributed by atoms with E-state index in [1.165, 1.54) is 12.1 Å². The lowest BCUT2D eigenvalue weighted by molar-refractivity contribution is 0.379. The molecule has 0 radical (unpaired) electrons. The monoisotopic (exact) mass is 224 g/mol. The summed E-state index contributed by atoms with van der Waals surface area (Å²) >= 11 is 0. The SMILES string of the molecule is CCC(C)CC(CCc1ccnn1C)NN. The lowest BCUT2D eigenvalue weighted by Gasteiger charge is -2.19. The van der Waals surface area contributed by atoms with Crippen molar-refractivity contribution >= 4 is 0 Å². The fourth-order valence-electron chi connectivity index (χ4n) is 1.89. The average molecular weight is 224 g/mol. The Morgan fingerprint density at radius 3 is 2.81 bits per heavy atom. The zero-order valence-corrected chi connectivity index (χ0v) is 10.6. The number of hydrazine groups is 1. The highest BCUT2D eigenvalue weighted by Crippen LogP contribution is 2.13. The number of rotatable bonds is 7. The molecule has 3 N–H and O–H groups in total. The first kappa shape index (κ1) is 13.2. The molecule has 4 heteroatoms. The largest absolute Gasteiger partial charge is 0.273 e. The van der Waals surface area contributed by atoms with E-state index in [4.69, 9.17) is 5.84 Å². The van der Waals surface area contributed by atoms with Gasteiger partial charge >= 0.3 is 0 Å². The molecule has 0 amide bonds. The van der Waals surface area contributed by atoms with E-state index in [1.54, 1.807) is 0 Å². The van der Waals surface area contributed by atoms with Crippen LogP contribution >= 0.6 is 0 Å². The summed E-state index contributed by atoms with van der Waals surface area (Å²) in [6.45, 7) is 4.49. The van der Waals surface area contributed by atoms with Gasteiger partial charge in [-0.2, -0.15) is 5.10 Å². The third kappa shape index (κ3) is 3.94. The van der Waals surface area contributed by atoms with E-state index in [-0.39, 0.29) is 0 Å². The minimum atomic E-state index is 0.407. The molecule has 0 aliphatic rings. The van der Waals surface area contributed by atoms with Crippen molar-refractivity contribution in [2.45, 2.75) is 45.6 Å². The van der Waals surface area contributed by atoms with Crippen LogP contribution in [0.2, 0.25) is 0 Å². The van der Waals surface area contributed by atoms with Gasteiger partial charge in [0.2, 0.25) is 0 Å². The van der Waals surface area contributed by atoms with Crippen LogP contribution in [0.5, 0.6) is 0 Å². The number of hydrogen-bond donors (Lipinski definition) is 2. The molecule has 2 unspecified atom stereocenters. The van der Waals surface area contributed by atoms with E-state index >= 15 is 0 Å². The van der Waals surface area contributed by atoms with Crippen LogP contribution in [0, 0.1) is 5.92 Å². The summed E-state index contributed by atoms with van der Waals surface area (Å²) < 4.78 is 1.93. The summed E-state index contributed by atoms with van der Waals surface area (Å²) in [5.74, 6) is 6.31. The van der Waals surface area contributed by atoms with Gasteiger partial charge in [0.05, 0.1) is 0 Å². The third-order valence-electron chi connectivity index (χ3n) is 3.29. The predicted octanol–water partition coefficient (Wildman–Crippen LogP) is 1.62. The van der Waals surface area contributed by atoms with Crippen molar-refractivity contribution in [3.63, 3.8) is 0 Å². The molecule has 1 aromatic rings. The van der Waals surface area contributed by atoms with Crippen LogP contribution in [-0.2, 0) is 13.5 Å². The van der Waals surface area contributed by atoms with E-state index in [9.17, 15) is 0 Å². The second-order valence-corrected chi connectivity index (χ2v) is 4.60. The van der Waals surface area contributed by atoms with Crippen molar-refractivity contribution in [3.05, 3.63) is 18.0 Å². The van der Waals surface area contributed by atoms with Gasteiger partial charge in [0, 0.05) is 25.0 Å². The molecule has 0 bridgehead atoms. The first-order valence-corrected chi connectivity index (χ1v) is 6.10. The number of nitrogens with two attached hydrogens (primary N) is 1. The van der Waals surface area contributed by atoms with Crippen LogP contribution in [0.25, 0.3) is 0 Å². The summed E-state index contributed by atoms with van der Waals surface area (Å²) in [5.41, 5.74) is 4.19. The van der Waals surface area contributed by atoms with Crippen LogP contribution in [0.1, 0.15) is 38.8 Å². The summed E-state index contributed by atoms with van der Waals surface area (Å²) in [7, 11) is 1.98. The van der Waals surface area contributed by atoms with Gasteiger partial charge in [-0.1, -0.05) is 20.3 Å². The highest BCUT2D eigenvalue weighted by Gasteiger charge is 2.11. The summed E-state index contributed by atoms with van der Waals surface area (Å²) in [5, 5.41) is 4.16. The molecule has 1 heterocycles. The van der Waals surface area contributed by atoms with Gasteiger partial charge in [-0.3, -0.25) is 16.0 Å². The maximum absolute atomic E-state index is 5.58. The maximum Gasteiger partial charge on any atom is 0.0492 e. The normalized spacial score (nSPS) is 15.0. The Balaban J connectivity index is 2.37. The fourth-order valence-corrected chi connectivity index (χ4v) is 1.89. The molecule has 2 atom stereocenters. The quantitative estimate of drug-likeness (QED) is 0.546. The molecule has 0 aliphatic carbocycles. The highest BCUT2D eigenvalue weighted by molar-refractivity contribution is 5.00.